The lowest BCUT2D eigenvalue weighted by Crippen LogP contribution is -1.99. The molecule has 5 nitrogen and oxygen atoms in total. The van der Waals surface area contributed by atoms with Crippen LogP contribution in [-0.4, -0.2) is 15.0 Å². The van der Waals surface area contributed by atoms with Crippen LogP contribution < -0.4 is 11.1 Å². The third-order valence-corrected chi connectivity index (χ3v) is 2.79. The molecule has 0 aliphatic carbocycles. The number of benzene rings is 1. The molecule has 18 heavy (non-hydrogen) atoms. The Hall–Kier alpha value is -2.27. The Morgan fingerprint density at radius 2 is 2.11 bits per heavy atom. The lowest BCUT2D eigenvalue weighted by Gasteiger charge is -2.08. The van der Waals surface area contributed by atoms with Crippen molar-refractivity contribution in [2.45, 2.75) is 0 Å². The predicted molar refractivity (Wildman–Crippen MR) is 73.0 cm³/mol. The maximum absolute atomic E-state index is 5.84. The number of nitrogens with one attached hydrogen (secondary N) is 2. The summed E-state index contributed by atoms with van der Waals surface area (Å²) < 4.78 is 0. The van der Waals surface area contributed by atoms with Crippen LogP contribution in [0.3, 0.4) is 0 Å². The van der Waals surface area contributed by atoms with Crippen LogP contribution in [0.2, 0.25) is 5.15 Å². The number of halogens is 1. The van der Waals surface area contributed by atoms with Crippen molar-refractivity contribution in [2.75, 3.05) is 11.1 Å². The number of nitrogens with two attached hydrogens (primary N) is 1. The Bertz CT molecular complexity index is 707. The zero-order chi connectivity index (χ0) is 12.5. The lowest BCUT2D eigenvalue weighted by atomic mass is 10.2. The number of hydrogen-bond acceptors (Lipinski definition) is 4. The first-order valence-corrected chi connectivity index (χ1v) is 5.72. The van der Waals surface area contributed by atoms with Crippen LogP contribution in [0, 0.1) is 0 Å². The van der Waals surface area contributed by atoms with Gasteiger partial charge in [0.15, 0.2) is 5.82 Å². The average Bonchev–Trinajstić information content (AvgIpc) is 2.81. The molecule has 2 aromatic heterocycles. The molecule has 0 saturated heterocycles. The molecule has 0 saturated carbocycles. The zero-order valence-electron chi connectivity index (χ0n) is 9.31. The van der Waals surface area contributed by atoms with E-state index in [2.05, 4.69) is 20.3 Å². The minimum atomic E-state index is 0.398. The van der Waals surface area contributed by atoms with Crippen LogP contribution in [0.1, 0.15) is 0 Å². The second kappa shape index (κ2) is 4.19. The lowest BCUT2D eigenvalue weighted by molar-refractivity contribution is 1.31. The molecule has 2 heterocycles. The summed E-state index contributed by atoms with van der Waals surface area (Å²) in [6.07, 6.45) is 1.65. The first-order chi connectivity index (χ1) is 8.72. The van der Waals surface area contributed by atoms with E-state index in [9.17, 15) is 0 Å². The predicted octanol–water partition coefficient (Wildman–Crippen LogP) is 2.94. The van der Waals surface area contributed by atoms with Gasteiger partial charge in [-0.25, -0.2) is 9.97 Å². The van der Waals surface area contributed by atoms with E-state index in [0.717, 1.165) is 16.7 Å². The summed E-state index contributed by atoms with van der Waals surface area (Å²) >= 11 is 5.84. The molecule has 90 valence electrons. The van der Waals surface area contributed by atoms with Crippen LogP contribution in [0.15, 0.2) is 36.7 Å². The monoisotopic (exact) mass is 259 g/mol. The second-order valence-electron chi connectivity index (χ2n) is 3.83. The fourth-order valence-corrected chi connectivity index (χ4v) is 1.84. The molecule has 0 aliphatic heterocycles. The molecule has 0 aliphatic rings. The van der Waals surface area contributed by atoms with Crippen LogP contribution in [0.25, 0.3) is 11.0 Å². The maximum atomic E-state index is 5.84. The molecule has 0 amide bonds. The highest BCUT2D eigenvalue weighted by molar-refractivity contribution is 6.29. The molecule has 0 unspecified atom stereocenters. The SMILES string of the molecule is Nc1ccc(Cl)nc1Nc1ccc2nc[nH]c2c1. The molecule has 0 bridgehead atoms. The van der Waals surface area contributed by atoms with Crippen molar-refractivity contribution in [1.82, 2.24) is 15.0 Å². The fourth-order valence-electron chi connectivity index (χ4n) is 1.70. The van der Waals surface area contributed by atoms with E-state index in [1.54, 1.807) is 18.5 Å². The number of nitrogen functional groups attached to an aromatic ring is 1. The number of rotatable bonds is 2. The van der Waals surface area contributed by atoms with Gasteiger partial charge >= 0.3 is 0 Å². The summed E-state index contributed by atoms with van der Waals surface area (Å²) in [6, 6.07) is 9.12. The largest absolute Gasteiger partial charge is 0.396 e. The standard InChI is InChI=1S/C12H10ClN5/c13-11-4-2-8(14)12(18-11)17-7-1-3-9-10(5-7)16-6-15-9/h1-6H,14H2,(H,15,16)(H,17,18). The molecule has 0 radical (unpaired) electrons. The van der Waals surface area contributed by atoms with Crippen molar-refractivity contribution in [2.24, 2.45) is 0 Å². The Morgan fingerprint density at radius 1 is 1.22 bits per heavy atom. The van der Waals surface area contributed by atoms with Gasteiger partial charge in [0.1, 0.15) is 5.15 Å². The van der Waals surface area contributed by atoms with Crippen LogP contribution in [-0.2, 0) is 0 Å². The Kier molecular flexibility index (Phi) is 2.53. The summed E-state index contributed by atoms with van der Waals surface area (Å²) in [5.74, 6) is 0.543. The number of aromatic nitrogens is 3. The number of H-pyrrole nitrogens is 1. The van der Waals surface area contributed by atoms with Gasteiger partial charge in [-0.15, -0.1) is 0 Å². The first kappa shape index (κ1) is 10.9. The van der Waals surface area contributed by atoms with Gasteiger partial charge in [0.2, 0.25) is 0 Å². The third-order valence-electron chi connectivity index (χ3n) is 2.58. The van der Waals surface area contributed by atoms with E-state index in [1.165, 1.54) is 0 Å². The van der Waals surface area contributed by atoms with Crippen molar-refractivity contribution in [1.29, 1.82) is 0 Å². The average molecular weight is 260 g/mol. The molecule has 4 N–H and O–H groups in total. The second-order valence-corrected chi connectivity index (χ2v) is 4.22. The Labute approximate surface area is 108 Å². The Balaban J connectivity index is 1.97. The molecular formula is C12H10ClN5. The van der Waals surface area contributed by atoms with Crippen LogP contribution in [0.5, 0.6) is 0 Å². The summed E-state index contributed by atoms with van der Waals surface area (Å²) in [7, 11) is 0. The minimum absolute atomic E-state index is 0.398. The highest BCUT2D eigenvalue weighted by Gasteiger charge is 2.04. The van der Waals surface area contributed by atoms with Gasteiger partial charge in [-0.2, -0.15) is 0 Å². The van der Waals surface area contributed by atoms with Crippen molar-refractivity contribution in [3.63, 3.8) is 0 Å². The summed E-state index contributed by atoms with van der Waals surface area (Å²) in [5, 5.41) is 3.52. The number of nitrogens with zero attached hydrogens (tertiary/aromatic N) is 2. The highest BCUT2D eigenvalue weighted by Crippen LogP contribution is 2.24. The van der Waals surface area contributed by atoms with Gasteiger partial charge < -0.3 is 16.0 Å². The Morgan fingerprint density at radius 3 is 3.00 bits per heavy atom. The van der Waals surface area contributed by atoms with E-state index < -0.39 is 0 Å². The van der Waals surface area contributed by atoms with Gasteiger partial charge in [0.05, 0.1) is 23.0 Å². The van der Waals surface area contributed by atoms with Gasteiger partial charge in [-0.1, -0.05) is 11.6 Å². The normalized spacial score (nSPS) is 10.7. The summed E-state index contributed by atoms with van der Waals surface area (Å²) in [4.78, 5) is 11.3. The number of hydrogen-bond donors (Lipinski definition) is 3. The molecule has 1 aromatic carbocycles. The summed E-state index contributed by atoms with van der Waals surface area (Å²) in [5.41, 5.74) is 9.10. The van der Waals surface area contributed by atoms with E-state index in [4.69, 9.17) is 17.3 Å². The molecule has 0 fully saturated rings. The minimum Gasteiger partial charge on any atom is -0.396 e. The molecule has 6 heteroatoms. The molecular weight excluding hydrogens is 250 g/mol. The first-order valence-electron chi connectivity index (χ1n) is 5.34. The van der Waals surface area contributed by atoms with E-state index in [1.807, 2.05) is 18.2 Å². The van der Waals surface area contributed by atoms with E-state index >= 15 is 0 Å². The number of anilines is 3. The maximum Gasteiger partial charge on any atom is 0.155 e. The topological polar surface area (TPSA) is 79.6 Å². The summed E-state index contributed by atoms with van der Waals surface area (Å²) in [6.45, 7) is 0. The number of imidazole rings is 1. The van der Waals surface area contributed by atoms with Gasteiger partial charge in [0, 0.05) is 5.69 Å². The van der Waals surface area contributed by atoms with Gasteiger partial charge in [-0.3, -0.25) is 0 Å². The third kappa shape index (κ3) is 1.96. The van der Waals surface area contributed by atoms with Crippen LogP contribution >= 0.6 is 11.6 Å². The molecule has 0 atom stereocenters. The van der Waals surface area contributed by atoms with E-state index in [0.29, 0.717) is 16.7 Å². The van der Waals surface area contributed by atoms with Crippen LogP contribution in [0.4, 0.5) is 17.2 Å². The van der Waals surface area contributed by atoms with E-state index in [-0.39, 0.29) is 0 Å². The van der Waals surface area contributed by atoms with Gasteiger partial charge in [0.25, 0.3) is 0 Å². The smallest absolute Gasteiger partial charge is 0.155 e. The fraction of sp³-hybridized carbons (Fsp3) is 0. The molecule has 0 spiro atoms. The van der Waals surface area contributed by atoms with Crippen molar-refractivity contribution < 1.29 is 0 Å². The van der Waals surface area contributed by atoms with Crippen molar-refractivity contribution >= 4 is 39.8 Å². The number of aromatic amines is 1. The van der Waals surface area contributed by atoms with Crippen molar-refractivity contribution in [3.8, 4) is 0 Å². The van der Waals surface area contributed by atoms with Gasteiger partial charge in [-0.05, 0) is 30.3 Å². The molecule has 3 aromatic rings. The highest BCUT2D eigenvalue weighted by atomic mass is 35.5. The zero-order valence-corrected chi connectivity index (χ0v) is 10.1. The molecule has 3 rings (SSSR count). The quantitative estimate of drug-likeness (QED) is 0.618. The number of pyridine rings is 1. The van der Waals surface area contributed by atoms with Crippen molar-refractivity contribution in [3.05, 3.63) is 41.8 Å². The number of fused-ring (bicyclic) bond motifs is 1.